The van der Waals surface area contributed by atoms with Gasteiger partial charge in [-0.25, -0.2) is 4.79 Å². The molecule has 0 radical (unpaired) electrons. The second kappa shape index (κ2) is 9.38. The van der Waals surface area contributed by atoms with Gasteiger partial charge >= 0.3 is 5.97 Å². The molecule has 132 valence electrons. The summed E-state index contributed by atoms with van der Waals surface area (Å²) in [6.45, 7) is 10.3. The molecule has 0 unspecified atom stereocenters. The van der Waals surface area contributed by atoms with Gasteiger partial charge in [0.1, 0.15) is 0 Å². The lowest BCUT2D eigenvalue weighted by Crippen LogP contribution is -2.38. The maximum Gasteiger partial charge on any atom is 0.337 e. The van der Waals surface area contributed by atoms with E-state index in [0.717, 1.165) is 10.9 Å². The van der Waals surface area contributed by atoms with Gasteiger partial charge in [0.05, 0.1) is 11.1 Å². The van der Waals surface area contributed by atoms with Crippen molar-refractivity contribution >= 4 is 16.9 Å². The molecule has 0 aliphatic carbocycles. The summed E-state index contributed by atoms with van der Waals surface area (Å²) in [5.41, 5.74) is 1.37. The lowest BCUT2D eigenvalue weighted by molar-refractivity contribution is 0.0696. The van der Waals surface area contributed by atoms with Crippen molar-refractivity contribution in [2.45, 2.75) is 52.5 Å². The highest BCUT2D eigenvalue weighted by atomic mass is 16.4. The van der Waals surface area contributed by atoms with Gasteiger partial charge in [0, 0.05) is 17.1 Å². The minimum Gasteiger partial charge on any atom is -0.478 e. The van der Waals surface area contributed by atoms with Gasteiger partial charge in [-0.05, 0) is 52.9 Å². The number of carboxylic acids is 1. The topological polar surface area (TPSA) is 53.4 Å². The third-order valence-corrected chi connectivity index (χ3v) is 4.08. The Hall–Kier alpha value is -1.94. The number of carbonyl (C=O) groups is 1. The second-order valence-corrected chi connectivity index (χ2v) is 7.02. The van der Waals surface area contributed by atoms with Crippen LogP contribution in [0.15, 0.2) is 36.5 Å². The molecule has 0 spiro atoms. The Balaban J connectivity index is 0.000000245. The molecular weight excluding hydrogens is 300 g/mol. The van der Waals surface area contributed by atoms with Crippen LogP contribution in [0.25, 0.3) is 10.9 Å². The van der Waals surface area contributed by atoms with Gasteiger partial charge in [0.2, 0.25) is 0 Å². The van der Waals surface area contributed by atoms with Crippen LogP contribution in [0.5, 0.6) is 0 Å². The molecule has 1 heterocycles. The number of aromatic carboxylic acids is 1. The first-order valence-electron chi connectivity index (χ1n) is 8.55. The van der Waals surface area contributed by atoms with Gasteiger partial charge in [-0.1, -0.05) is 38.0 Å². The standard InChI is InChI=1S/C10H7NO2.C10H23N/c12-10(13)8-5-7-3-1-2-4-9(7)11-6-8;1-6-7-8-9-11(5)10(2,3)4/h1-6H,(H,12,13);6-9H2,1-5H3. The quantitative estimate of drug-likeness (QED) is 0.797. The largest absolute Gasteiger partial charge is 0.478 e. The Labute approximate surface area is 145 Å². The van der Waals surface area contributed by atoms with E-state index in [1.807, 2.05) is 24.3 Å². The summed E-state index contributed by atoms with van der Waals surface area (Å²) in [5, 5.41) is 9.55. The number of nitrogens with zero attached hydrogens (tertiary/aromatic N) is 2. The lowest BCUT2D eigenvalue weighted by atomic mass is 10.1. The summed E-state index contributed by atoms with van der Waals surface area (Å²) in [6, 6.07) is 9.03. The highest BCUT2D eigenvalue weighted by molar-refractivity contribution is 5.92. The summed E-state index contributed by atoms with van der Waals surface area (Å²) >= 11 is 0. The van der Waals surface area contributed by atoms with Crippen molar-refractivity contribution in [3.63, 3.8) is 0 Å². The van der Waals surface area contributed by atoms with E-state index in [4.69, 9.17) is 5.11 Å². The SMILES string of the molecule is CCCCCN(C)C(C)(C)C.O=C(O)c1cnc2ccccc2c1. The molecule has 2 rings (SSSR count). The normalized spacial score (nSPS) is 11.2. The van der Waals surface area contributed by atoms with E-state index < -0.39 is 5.97 Å². The number of hydrogen-bond acceptors (Lipinski definition) is 3. The van der Waals surface area contributed by atoms with Crippen LogP contribution in [0.1, 0.15) is 57.3 Å². The summed E-state index contributed by atoms with van der Waals surface area (Å²) in [6.07, 6.45) is 5.38. The number of unbranched alkanes of at least 4 members (excludes halogenated alkanes) is 2. The smallest absolute Gasteiger partial charge is 0.337 e. The van der Waals surface area contributed by atoms with Gasteiger partial charge in [-0.3, -0.25) is 4.98 Å². The lowest BCUT2D eigenvalue weighted by Gasteiger charge is -2.31. The van der Waals surface area contributed by atoms with Crippen LogP contribution in [0.2, 0.25) is 0 Å². The minimum absolute atomic E-state index is 0.221. The third-order valence-electron chi connectivity index (χ3n) is 4.08. The monoisotopic (exact) mass is 330 g/mol. The summed E-state index contributed by atoms with van der Waals surface area (Å²) in [4.78, 5) is 17.0. The van der Waals surface area contributed by atoms with E-state index in [1.165, 1.54) is 32.0 Å². The number of fused-ring (bicyclic) bond motifs is 1. The molecule has 0 atom stereocenters. The van der Waals surface area contributed by atoms with E-state index >= 15 is 0 Å². The molecule has 24 heavy (non-hydrogen) atoms. The Kier molecular flexibility index (Phi) is 7.86. The fraction of sp³-hybridized carbons (Fsp3) is 0.500. The number of rotatable bonds is 5. The highest BCUT2D eigenvalue weighted by Gasteiger charge is 2.15. The molecule has 0 fully saturated rings. The Morgan fingerprint density at radius 3 is 2.46 bits per heavy atom. The van der Waals surface area contributed by atoms with E-state index in [0.29, 0.717) is 5.54 Å². The molecule has 0 saturated heterocycles. The number of aromatic nitrogens is 1. The fourth-order valence-corrected chi connectivity index (χ4v) is 2.12. The molecule has 1 N–H and O–H groups in total. The molecule has 0 aliphatic heterocycles. The molecule has 0 aliphatic rings. The molecule has 0 amide bonds. The molecule has 4 nitrogen and oxygen atoms in total. The van der Waals surface area contributed by atoms with Crippen molar-refractivity contribution in [3.05, 3.63) is 42.1 Å². The van der Waals surface area contributed by atoms with Crippen LogP contribution in [-0.4, -0.2) is 40.1 Å². The van der Waals surface area contributed by atoms with Gasteiger partial charge in [0.15, 0.2) is 0 Å². The molecular formula is C20H30N2O2. The first-order chi connectivity index (χ1) is 11.3. The van der Waals surface area contributed by atoms with E-state index in [2.05, 4.69) is 44.6 Å². The van der Waals surface area contributed by atoms with Crippen LogP contribution < -0.4 is 0 Å². The van der Waals surface area contributed by atoms with Crippen molar-refractivity contribution in [2.24, 2.45) is 0 Å². The predicted molar refractivity (Wildman–Crippen MR) is 101 cm³/mol. The molecule has 1 aromatic heterocycles. The van der Waals surface area contributed by atoms with E-state index in [1.54, 1.807) is 6.07 Å². The summed E-state index contributed by atoms with van der Waals surface area (Å²) in [7, 11) is 2.20. The first kappa shape index (κ1) is 20.1. The molecule has 0 bridgehead atoms. The first-order valence-corrected chi connectivity index (χ1v) is 8.55. The van der Waals surface area contributed by atoms with Gasteiger partial charge in [-0.2, -0.15) is 0 Å². The molecule has 1 aromatic carbocycles. The number of para-hydroxylation sites is 1. The van der Waals surface area contributed by atoms with Crippen molar-refractivity contribution in [1.82, 2.24) is 9.88 Å². The number of benzene rings is 1. The van der Waals surface area contributed by atoms with Crippen LogP contribution in [0, 0.1) is 0 Å². The molecule has 2 aromatic rings. The Morgan fingerprint density at radius 1 is 1.21 bits per heavy atom. The minimum atomic E-state index is -0.946. The maximum atomic E-state index is 10.6. The highest BCUT2D eigenvalue weighted by Crippen LogP contribution is 2.12. The zero-order chi connectivity index (χ0) is 18.2. The molecule has 0 saturated carbocycles. The number of pyridine rings is 1. The number of carboxylic acid groups (broad SMARTS) is 1. The molecule has 4 heteroatoms. The average Bonchev–Trinajstić information content (AvgIpc) is 2.54. The Bertz CT molecular complexity index is 647. The summed E-state index contributed by atoms with van der Waals surface area (Å²) in [5.74, 6) is -0.946. The fourth-order valence-electron chi connectivity index (χ4n) is 2.12. The van der Waals surface area contributed by atoms with Crippen molar-refractivity contribution < 1.29 is 9.90 Å². The van der Waals surface area contributed by atoms with Crippen LogP contribution in [0.4, 0.5) is 0 Å². The van der Waals surface area contributed by atoms with E-state index in [9.17, 15) is 4.79 Å². The zero-order valence-corrected chi connectivity index (χ0v) is 15.5. The maximum absolute atomic E-state index is 10.6. The van der Waals surface area contributed by atoms with Crippen molar-refractivity contribution in [2.75, 3.05) is 13.6 Å². The van der Waals surface area contributed by atoms with Crippen LogP contribution >= 0.6 is 0 Å². The predicted octanol–water partition coefficient (Wildman–Crippen LogP) is 4.84. The average molecular weight is 330 g/mol. The van der Waals surface area contributed by atoms with Gasteiger partial charge in [0.25, 0.3) is 0 Å². The van der Waals surface area contributed by atoms with Crippen molar-refractivity contribution in [1.29, 1.82) is 0 Å². The third kappa shape index (κ3) is 6.67. The van der Waals surface area contributed by atoms with Crippen LogP contribution in [-0.2, 0) is 0 Å². The van der Waals surface area contributed by atoms with E-state index in [-0.39, 0.29) is 5.56 Å². The zero-order valence-electron chi connectivity index (χ0n) is 15.5. The summed E-state index contributed by atoms with van der Waals surface area (Å²) < 4.78 is 0. The van der Waals surface area contributed by atoms with Crippen molar-refractivity contribution in [3.8, 4) is 0 Å². The Morgan fingerprint density at radius 2 is 1.88 bits per heavy atom. The van der Waals surface area contributed by atoms with Gasteiger partial charge < -0.3 is 10.0 Å². The second-order valence-electron chi connectivity index (χ2n) is 7.02. The van der Waals surface area contributed by atoms with Crippen LogP contribution in [0.3, 0.4) is 0 Å². The van der Waals surface area contributed by atoms with Gasteiger partial charge in [-0.15, -0.1) is 0 Å². The number of hydrogen-bond donors (Lipinski definition) is 1.